The number of unbranched alkanes of at least 4 members (excludes halogenated alkanes) is 2. The van der Waals surface area contributed by atoms with Gasteiger partial charge in [0.2, 0.25) is 0 Å². The third-order valence-electron chi connectivity index (χ3n) is 3.40. The second kappa shape index (κ2) is 11.4. The van der Waals surface area contributed by atoms with Crippen LogP contribution in [0.4, 0.5) is 5.69 Å². The highest BCUT2D eigenvalue weighted by Crippen LogP contribution is 2.17. The van der Waals surface area contributed by atoms with Gasteiger partial charge in [0.25, 0.3) is 0 Å². The minimum atomic E-state index is -0.202. The van der Waals surface area contributed by atoms with E-state index in [0.717, 1.165) is 25.7 Å². The van der Waals surface area contributed by atoms with Crippen LogP contribution in [0.2, 0.25) is 0 Å². The monoisotopic (exact) mass is 318 g/mol. The lowest BCUT2D eigenvalue weighted by atomic mass is 10.1. The van der Waals surface area contributed by atoms with Crippen LogP contribution in [-0.2, 0) is 9.53 Å². The fourth-order valence-electron chi connectivity index (χ4n) is 1.99. The molecule has 1 aromatic rings. The van der Waals surface area contributed by atoms with Crippen LogP contribution in [0.15, 0.2) is 41.5 Å². The summed E-state index contributed by atoms with van der Waals surface area (Å²) in [5, 5.41) is 3.31. The topological polar surface area (TPSA) is 71.7 Å². The van der Waals surface area contributed by atoms with Gasteiger partial charge in [-0.3, -0.25) is 4.79 Å². The molecule has 0 fully saturated rings. The Morgan fingerprint density at radius 1 is 1.26 bits per heavy atom. The lowest BCUT2D eigenvalue weighted by Crippen LogP contribution is -2.18. The summed E-state index contributed by atoms with van der Waals surface area (Å²) in [5.41, 5.74) is 7.45. The van der Waals surface area contributed by atoms with Crippen LogP contribution in [0.25, 0.3) is 0 Å². The van der Waals surface area contributed by atoms with E-state index in [2.05, 4.69) is 18.1 Å². The van der Waals surface area contributed by atoms with Crippen molar-refractivity contribution in [2.45, 2.75) is 39.5 Å². The molecule has 5 nitrogen and oxygen atoms in total. The SMILES string of the molecule is CCCC/C=C/C(CC)C(=O)OCCOc1ccc(N=N)cc1. The summed E-state index contributed by atoms with van der Waals surface area (Å²) in [6, 6.07) is 6.87. The zero-order valence-corrected chi connectivity index (χ0v) is 14.0. The summed E-state index contributed by atoms with van der Waals surface area (Å²) in [5.74, 6) is 0.289. The van der Waals surface area contributed by atoms with E-state index < -0.39 is 0 Å². The number of ether oxygens (including phenoxy) is 2. The van der Waals surface area contributed by atoms with E-state index in [0.29, 0.717) is 18.0 Å². The van der Waals surface area contributed by atoms with Crippen molar-refractivity contribution in [2.75, 3.05) is 13.2 Å². The Kier molecular flexibility index (Phi) is 9.36. The predicted octanol–water partition coefficient (Wildman–Crippen LogP) is 5.04. The Bertz CT molecular complexity index is 497. The number of nitrogens with one attached hydrogen (secondary N) is 1. The molecule has 0 aromatic heterocycles. The minimum Gasteiger partial charge on any atom is -0.490 e. The number of carbonyl (C=O) groups excluding carboxylic acids is 1. The molecule has 23 heavy (non-hydrogen) atoms. The van der Waals surface area contributed by atoms with Crippen LogP contribution in [0, 0.1) is 11.4 Å². The Labute approximate surface area is 138 Å². The fourth-order valence-corrected chi connectivity index (χ4v) is 1.99. The molecule has 0 saturated carbocycles. The third-order valence-corrected chi connectivity index (χ3v) is 3.40. The molecule has 0 saturated heterocycles. The van der Waals surface area contributed by atoms with Crippen LogP contribution in [0.3, 0.4) is 0 Å². The molecule has 0 aliphatic rings. The Morgan fingerprint density at radius 2 is 2.00 bits per heavy atom. The highest BCUT2D eigenvalue weighted by Gasteiger charge is 2.14. The smallest absolute Gasteiger partial charge is 0.312 e. The van der Waals surface area contributed by atoms with Gasteiger partial charge >= 0.3 is 5.97 Å². The molecule has 1 N–H and O–H groups in total. The lowest BCUT2D eigenvalue weighted by Gasteiger charge is -2.11. The number of allylic oxidation sites excluding steroid dienone is 1. The van der Waals surface area contributed by atoms with Gasteiger partial charge in [-0.1, -0.05) is 38.8 Å². The maximum Gasteiger partial charge on any atom is 0.312 e. The number of esters is 1. The number of carbonyl (C=O) groups is 1. The summed E-state index contributed by atoms with van der Waals surface area (Å²) in [6.07, 6.45) is 8.04. The molecule has 5 heteroatoms. The molecule has 0 amide bonds. The van der Waals surface area contributed by atoms with E-state index in [1.807, 2.05) is 13.0 Å². The molecular weight excluding hydrogens is 292 g/mol. The van der Waals surface area contributed by atoms with E-state index in [9.17, 15) is 4.79 Å². The van der Waals surface area contributed by atoms with E-state index in [1.54, 1.807) is 24.3 Å². The van der Waals surface area contributed by atoms with Gasteiger partial charge in [0.05, 0.1) is 11.6 Å². The quantitative estimate of drug-likeness (QED) is 0.269. The number of rotatable bonds is 11. The van der Waals surface area contributed by atoms with Crippen molar-refractivity contribution in [3.63, 3.8) is 0 Å². The van der Waals surface area contributed by atoms with Crippen LogP contribution in [-0.4, -0.2) is 19.2 Å². The first-order valence-electron chi connectivity index (χ1n) is 8.14. The summed E-state index contributed by atoms with van der Waals surface area (Å²) >= 11 is 0. The van der Waals surface area contributed by atoms with Crippen molar-refractivity contribution in [1.29, 1.82) is 5.53 Å². The largest absolute Gasteiger partial charge is 0.490 e. The third kappa shape index (κ3) is 7.58. The second-order valence-corrected chi connectivity index (χ2v) is 5.21. The van der Waals surface area contributed by atoms with E-state index in [1.165, 1.54) is 0 Å². The van der Waals surface area contributed by atoms with Crippen molar-refractivity contribution in [1.82, 2.24) is 0 Å². The Morgan fingerprint density at radius 3 is 2.61 bits per heavy atom. The van der Waals surface area contributed by atoms with Gasteiger partial charge < -0.3 is 9.47 Å². The van der Waals surface area contributed by atoms with Crippen LogP contribution in [0.5, 0.6) is 5.75 Å². The zero-order valence-electron chi connectivity index (χ0n) is 14.0. The molecule has 0 aliphatic heterocycles. The molecule has 1 unspecified atom stereocenters. The number of nitrogens with zero attached hydrogens (tertiary/aromatic N) is 1. The number of benzene rings is 1. The molecule has 0 spiro atoms. The zero-order chi connectivity index (χ0) is 16.9. The van der Waals surface area contributed by atoms with Gasteiger partial charge in [0.15, 0.2) is 0 Å². The maximum atomic E-state index is 12.0. The van der Waals surface area contributed by atoms with E-state index >= 15 is 0 Å². The summed E-state index contributed by atoms with van der Waals surface area (Å²) in [6.45, 7) is 4.65. The number of hydrogen-bond donors (Lipinski definition) is 1. The molecular formula is C18H26N2O3. The van der Waals surface area contributed by atoms with Crippen molar-refractivity contribution in [3.05, 3.63) is 36.4 Å². The standard InChI is InChI=1S/C18H26N2O3/c1-3-5-6-7-8-15(4-2)18(21)23-14-13-22-17-11-9-16(20-19)10-12-17/h7-12,15,19H,3-6,13-14H2,1-2H3/b8-7+,20-19?. The van der Waals surface area contributed by atoms with Crippen molar-refractivity contribution < 1.29 is 14.3 Å². The van der Waals surface area contributed by atoms with E-state index in [-0.39, 0.29) is 18.5 Å². The highest BCUT2D eigenvalue weighted by molar-refractivity contribution is 5.74. The molecule has 126 valence electrons. The van der Waals surface area contributed by atoms with Gasteiger partial charge in [-0.25, -0.2) is 5.53 Å². The average molecular weight is 318 g/mol. The molecule has 0 radical (unpaired) electrons. The van der Waals surface area contributed by atoms with Gasteiger partial charge in [-0.05, 0) is 37.1 Å². The first-order chi connectivity index (χ1) is 11.2. The molecule has 1 rings (SSSR count). The van der Waals surface area contributed by atoms with Crippen LogP contribution in [0.1, 0.15) is 39.5 Å². The lowest BCUT2D eigenvalue weighted by molar-refractivity contribution is -0.147. The second-order valence-electron chi connectivity index (χ2n) is 5.21. The molecule has 0 heterocycles. The van der Waals surface area contributed by atoms with Gasteiger partial charge in [0.1, 0.15) is 19.0 Å². The summed E-state index contributed by atoms with van der Waals surface area (Å²) in [4.78, 5) is 12.0. The minimum absolute atomic E-state index is 0.176. The predicted molar refractivity (Wildman–Crippen MR) is 90.1 cm³/mol. The fraction of sp³-hybridized carbons (Fsp3) is 0.500. The molecule has 1 aromatic carbocycles. The normalized spacial score (nSPS) is 12.1. The Hall–Kier alpha value is -2.17. The van der Waals surface area contributed by atoms with Crippen molar-refractivity contribution >= 4 is 11.7 Å². The summed E-state index contributed by atoms with van der Waals surface area (Å²) in [7, 11) is 0. The van der Waals surface area contributed by atoms with Gasteiger partial charge in [-0.2, -0.15) is 5.11 Å². The first-order valence-corrected chi connectivity index (χ1v) is 8.14. The molecule has 0 bridgehead atoms. The van der Waals surface area contributed by atoms with Crippen molar-refractivity contribution in [3.8, 4) is 5.75 Å². The van der Waals surface area contributed by atoms with Crippen LogP contribution >= 0.6 is 0 Å². The number of hydrogen-bond acceptors (Lipinski definition) is 5. The molecule has 1 atom stereocenters. The Balaban J connectivity index is 2.28. The average Bonchev–Trinajstić information content (AvgIpc) is 2.59. The summed E-state index contributed by atoms with van der Waals surface area (Å²) < 4.78 is 10.7. The van der Waals surface area contributed by atoms with E-state index in [4.69, 9.17) is 15.0 Å². The van der Waals surface area contributed by atoms with Crippen LogP contribution < -0.4 is 4.74 Å². The van der Waals surface area contributed by atoms with Crippen molar-refractivity contribution in [2.24, 2.45) is 11.0 Å². The molecule has 0 aliphatic carbocycles. The highest BCUT2D eigenvalue weighted by atomic mass is 16.6. The maximum absolute atomic E-state index is 12.0. The first kappa shape index (κ1) is 18.9. The van der Waals surface area contributed by atoms with Gasteiger partial charge in [0, 0.05) is 0 Å². The van der Waals surface area contributed by atoms with Gasteiger partial charge in [-0.15, -0.1) is 0 Å².